The minimum Gasteiger partial charge on any atom is -0.356 e. The average Bonchev–Trinajstić information content (AvgIpc) is 3.43. The number of hydrogen-bond acceptors (Lipinski definition) is 5. The van der Waals surface area contributed by atoms with Crippen LogP contribution in [0, 0.1) is 11.6 Å². The maximum Gasteiger partial charge on any atom is 0.228 e. The van der Waals surface area contributed by atoms with Gasteiger partial charge in [-0.05, 0) is 48.2 Å². The van der Waals surface area contributed by atoms with Crippen molar-refractivity contribution in [3.63, 3.8) is 0 Å². The Morgan fingerprint density at radius 2 is 1.74 bits per heavy atom. The van der Waals surface area contributed by atoms with Crippen LogP contribution >= 0.6 is 0 Å². The summed E-state index contributed by atoms with van der Waals surface area (Å²) in [5, 5.41) is 4.85. The quantitative estimate of drug-likeness (QED) is 0.622. The fourth-order valence-corrected chi connectivity index (χ4v) is 5.08. The summed E-state index contributed by atoms with van der Waals surface area (Å²) in [5.74, 6) is -2.05. The van der Waals surface area contributed by atoms with Crippen molar-refractivity contribution in [3.05, 3.63) is 64.9 Å². The number of para-hydroxylation sites is 1. The Hall–Kier alpha value is -3.33. The molecule has 1 aliphatic carbocycles. The standard InChI is InChI=1S/C25H26F2N4O3/c26-19-11-15-5-6-16(18(15)12-20(19)27)21(28)13-24(32)30-7-9-31(10-8-30)25(33)14-22-17-3-1-2-4-23(17)34-29-22/h1-4,11-12,16,21H,5-10,13-14,28H2. The summed E-state index contributed by atoms with van der Waals surface area (Å²) >= 11 is 0. The summed E-state index contributed by atoms with van der Waals surface area (Å²) in [4.78, 5) is 29.1. The summed E-state index contributed by atoms with van der Waals surface area (Å²) in [5.41, 5.74) is 9.07. The number of rotatable bonds is 5. The first kappa shape index (κ1) is 22.5. The second-order valence-corrected chi connectivity index (χ2v) is 9.04. The summed E-state index contributed by atoms with van der Waals surface area (Å²) in [6.07, 6.45) is 1.57. The first-order valence-electron chi connectivity index (χ1n) is 11.5. The van der Waals surface area contributed by atoms with Gasteiger partial charge in [-0.15, -0.1) is 0 Å². The molecule has 2 aliphatic rings. The van der Waals surface area contributed by atoms with Crippen LogP contribution in [-0.2, 0) is 22.4 Å². The van der Waals surface area contributed by atoms with Crippen molar-refractivity contribution in [1.82, 2.24) is 15.0 Å². The minimum atomic E-state index is -0.886. The molecule has 1 aliphatic heterocycles. The third-order valence-corrected chi connectivity index (χ3v) is 6.99. The molecule has 9 heteroatoms. The highest BCUT2D eigenvalue weighted by atomic mass is 19.2. The van der Waals surface area contributed by atoms with E-state index in [1.165, 1.54) is 12.1 Å². The highest BCUT2D eigenvalue weighted by Crippen LogP contribution is 2.37. The summed E-state index contributed by atoms with van der Waals surface area (Å²) < 4.78 is 32.5. The van der Waals surface area contributed by atoms with Crippen LogP contribution in [0.15, 0.2) is 40.9 Å². The highest BCUT2D eigenvalue weighted by molar-refractivity contribution is 5.86. The van der Waals surface area contributed by atoms with E-state index in [2.05, 4.69) is 5.16 Å². The highest BCUT2D eigenvalue weighted by Gasteiger charge is 2.32. The maximum absolute atomic E-state index is 13.7. The van der Waals surface area contributed by atoms with Crippen molar-refractivity contribution in [3.8, 4) is 0 Å². The Balaban J connectivity index is 1.14. The van der Waals surface area contributed by atoms with E-state index in [0.29, 0.717) is 55.9 Å². The lowest BCUT2D eigenvalue weighted by Crippen LogP contribution is -2.52. The normalized spacial score (nSPS) is 18.9. The Morgan fingerprint density at radius 1 is 1.06 bits per heavy atom. The third-order valence-electron chi connectivity index (χ3n) is 6.99. The second kappa shape index (κ2) is 9.13. The van der Waals surface area contributed by atoms with E-state index in [4.69, 9.17) is 10.3 Å². The molecule has 178 valence electrons. The van der Waals surface area contributed by atoms with Crippen LogP contribution in [-0.4, -0.2) is 59.0 Å². The number of halogens is 2. The molecule has 0 radical (unpaired) electrons. The van der Waals surface area contributed by atoms with Crippen LogP contribution < -0.4 is 5.73 Å². The monoisotopic (exact) mass is 468 g/mol. The fraction of sp³-hybridized carbons (Fsp3) is 0.400. The van der Waals surface area contributed by atoms with Crippen LogP contribution in [0.5, 0.6) is 0 Å². The number of amides is 2. The molecular weight excluding hydrogens is 442 g/mol. The van der Waals surface area contributed by atoms with E-state index in [9.17, 15) is 18.4 Å². The van der Waals surface area contributed by atoms with E-state index in [1.54, 1.807) is 9.80 Å². The topological polar surface area (TPSA) is 92.7 Å². The number of carbonyl (C=O) groups excluding carboxylic acids is 2. The number of carbonyl (C=O) groups is 2. The number of hydrogen-bond donors (Lipinski definition) is 1. The lowest BCUT2D eigenvalue weighted by molar-refractivity contribution is -0.139. The van der Waals surface area contributed by atoms with Crippen molar-refractivity contribution >= 4 is 22.8 Å². The maximum atomic E-state index is 13.7. The predicted octanol–water partition coefficient (Wildman–Crippen LogP) is 2.77. The van der Waals surface area contributed by atoms with Crippen molar-refractivity contribution in [2.75, 3.05) is 26.2 Å². The lowest BCUT2D eigenvalue weighted by atomic mass is 9.91. The van der Waals surface area contributed by atoms with Crippen LogP contribution in [0.2, 0.25) is 0 Å². The summed E-state index contributed by atoms with van der Waals surface area (Å²) in [6.45, 7) is 1.73. The second-order valence-electron chi connectivity index (χ2n) is 9.04. The number of nitrogens with zero attached hydrogens (tertiary/aromatic N) is 3. The molecular formula is C25H26F2N4O3. The van der Waals surface area contributed by atoms with Gasteiger partial charge in [0.25, 0.3) is 0 Å². The van der Waals surface area contributed by atoms with Gasteiger partial charge in [-0.1, -0.05) is 17.3 Å². The Morgan fingerprint density at radius 3 is 2.50 bits per heavy atom. The predicted molar refractivity (Wildman–Crippen MR) is 121 cm³/mol. The zero-order valence-electron chi connectivity index (χ0n) is 18.7. The van der Waals surface area contributed by atoms with E-state index in [1.807, 2.05) is 24.3 Å². The number of aryl methyl sites for hydroxylation is 1. The van der Waals surface area contributed by atoms with E-state index >= 15 is 0 Å². The van der Waals surface area contributed by atoms with Gasteiger partial charge in [0.2, 0.25) is 11.8 Å². The van der Waals surface area contributed by atoms with E-state index < -0.39 is 17.7 Å². The molecule has 1 saturated heterocycles. The number of aromatic nitrogens is 1. The fourth-order valence-electron chi connectivity index (χ4n) is 5.08. The molecule has 3 aromatic rings. The lowest BCUT2D eigenvalue weighted by Gasteiger charge is -2.35. The van der Waals surface area contributed by atoms with Crippen LogP contribution in [0.3, 0.4) is 0 Å². The Kier molecular flexibility index (Phi) is 6.03. The molecule has 1 fully saturated rings. The largest absolute Gasteiger partial charge is 0.356 e. The number of piperazine rings is 1. The molecule has 34 heavy (non-hydrogen) atoms. The van der Waals surface area contributed by atoms with Crippen molar-refractivity contribution in [2.45, 2.75) is 37.6 Å². The molecule has 0 bridgehead atoms. The summed E-state index contributed by atoms with van der Waals surface area (Å²) in [7, 11) is 0. The summed E-state index contributed by atoms with van der Waals surface area (Å²) in [6, 6.07) is 9.39. The third kappa shape index (κ3) is 4.27. The SMILES string of the molecule is NC(CC(=O)N1CCN(C(=O)Cc2noc3ccccc23)CC1)C1CCc2cc(F)c(F)cc21. The molecule has 5 rings (SSSR count). The van der Waals surface area contributed by atoms with Crippen LogP contribution in [0.4, 0.5) is 8.78 Å². The molecule has 2 heterocycles. The molecule has 2 unspecified atom stereocenters. The van der Waals surface area contributed by atoms with E-state index in [0.717, 1.165) is 10.9 Å². The molecule has 2 N–H and O–H groups in total. The first-order chi connectivity index (χ1) is 16.4. The average molecular weight is 469 g/mol. The smallest absolute Gasteiger partial charge is 0.228 e. The van der Waals surface area contributed by atoms with Crippen molar-refractivity contribution in [2.24, 2.45) is 5.73 Å². The molecule has 1 aromatic heterocycles. The molecule has 0 saturated carbocycles. The molecule has 2 atom stereocenters. The molecule has 2 amide bonds. The molecule has 2 aromatic carbocycles. The van der Waals surface area contributed by atoms with Gasteiger partial charge in [0.1, 0.15) is 5.69 Å². The number of benzene rings is 2. The van der Waals surface area contributed by atoms with Gasteiger partial charge in [-0.2, -0.15) is 0 Å². The van der Waals surface area contributed by atoms with Gasteiger partial charge < -0.3 is 20.1 Å². The van der Waals surface area contributed by atoms with Crippen molar-refractivity contribution < 1.29 is 22.9 Å². The number of fused-ring (bicyclic) bond motifs is 2. The van der Waals surface area contributed by atoms with E-state index in [-0.39, 0.29) is 30.6 Å². The number of nitrogens with two attached hydrogens (primary N) is 1. The minimum absolute atomic E-state index is 0.0559. The van der Waals surface area contributed by atoms with Gasteiger partial charge in [0.05, 0.1) is 6.42 Å². The Bertz CT molecular complexity index is 1240. The van der Waals surface area contributed by atoms with Gasteiger partial charge >= 0.3 is 0 Å². The molecule has 0 spiro atoms. The van der Waals surface area contributed by atoms with Gasteiger partial charge in [0, 0.05) is 49.9 Å². The zero-order chi connectivity index (χ0) is 23.8. The van der Waals surface area contributed by atoms with Gasteiger partial charge in [0.15, 0.2) is 17.2 Å². The first-order valence-corrected chi connectivity index (χ1v) is 11.5. The van der Waals surface area contributed by atoms with Gasteiger partial charge in [-0.25, -0.2) is 8.78 Å². The molecule has 7 nitrogen and oxygen atoms in total. The zero-order valence-corrected chi connectivity index (χ0v) is 18.7. The van der Waals surface area contributed by atoms with Crippen LogP contribution in [0.1, 0.15) is 35.6 Å². The van der Waals surface area contributed by atoms with Gasteiger partial charge in [-0.3, -0.25) is 9.59 Å². The van der Waals surface area contributed by atoms with Crippen LogP contribution in [0.25, 0.3) is 11.0 Å². The Labute approximate surface area is 195 Å². The van der Waals surface area contributed by atoms with Crippen molar-refractivity contribution in [1.29, 1.82) is 0 Å².